The highest BCUT2D eigenvalue weighted by atomic mass is 127. The maximum atomic E-state index is 11.8. The summed E-state index contributed by atoms with van der Waals surface area (Å²) in [6.07, 6.45) is 5.49. The summed E-state index contributed by atoms with van der Waals surface area (Å²) in [5.41, 5.74) is 0. The summed E-state index contributed by atoms with van der Waals surface area (Å²) in [7, 11) is 0. The number of halogens is 2. The summed E-state index contributed by atoms with van der Waals surface area (Å²) >= 11 is 4.26. The van der Waals surface area contributed by atoms with E-state index < -0.39 is 0 Å². The van der Waals surface area contributed by atoms with Crippen molar-refractivity contribution in [2.45, 2.75) is 0 Å². The molecule has 4 heteroatoms. The first kappa shape index (κ1) is 12.6. The molecule has 1 aromatic rings. The second kappa shape index (κ2) is 5.66. The molecule has 0 aromatic heterocycles. The van der Waals surface area contributed by atoms with E-state index in [0.29, 0.717) is 11.7 Å². The van der Waals surface area contributed by atoms with Crippen LogP contribution in [-0.2, 0) is 4.79 Å². The topological polar surface area (TPSA) is 26.3 Å². The Bertz CT molecular complexity index is 392. The highest BCUT2D eigenvalue weighted by molar-refractivity contribution is 14.1. The van der Waals surface area contributed by atoms with Crippen molar-refractivity contribution < 1.29 is 9.53 Å². The number of benzene rings is 1. The summed E-state index contributed by atoms with van der Waals surface area (Å²) in [5, 5.41) is 0. The van der Waals surface area contributed by atoms with Gasteiger partial charge in [0.1, 0.15) is 11.7 Å². The molecule has 1 aromatic carbocycles. The molecule has 0 amide bonds. The van der Waals surface area contributed by atoms with E-state index in [-0.39, 0.29) is 5.97 Å². The second-order valence-corrected chi connectivity index (χ2v) is 5.43. The second-order valence-electron chi connectivity index (χ2n) is 3.11. The molecule has 1 fully saturated rings. The summed E-state index contributed by atoms with van der Waals surface area (Å²) < 4.78 is 7.16. The quantitative estimate of drug-likeness (QED) is 0.403. The molecule has 1 aliphatic rings. The van der Waals surface area contributed by atoms with Gasteiger partial charge in [-0.05, 0) is 54.0 Å². The lowest BCUT2D eigenvalue weighted by Gasteiger charge is -2.12. The number of carbonyl (C=O) groups excluding carboxylic acids is 1. The fourth-order valence-corrected chi connectivity index (χ4v) is 2.35. The molecule has 0 aliphatic heterocycles. The lowest BCUT2D eigenvalue weighted by atomic mass is 10.1. The van der Waals surface area contributed by atoms with Crippen LogP contribution in [0.15, 0.2) is 24.3 Å². The van der Waals surface area contributed by atoms with E-state index >= 15 is 0 Å². The smallest absolute Gasteiger partial charge is 0.320 e. The minimum atomic E-state index is -0.307. The van der Waals surface area contributed by atoms with Gasteiger partial charge in [-0.1, -0.05) is 34.7 Å². The van der Waals surface area contributed by atoms with Gasteiger partial charge in [-0.25, -0.2) is 0 Å². The van der Waals surface area contributed by atoms with E-state index in [1.807, 2.05) is 31.0 Å². The van der Waals surface area contributed by atoms with Gasteiger partial charge in [0.05, 0.1) is 7.49 Å². The predicted molar refractivity (Wildman–Crippen MR) is 78.2 cm³/mol. The first-order valence-electron chi connectivity index (χ1n) is 4.56. The van der Waals surface area contributed by atoms with Crippen LogP contribution in [0.1, 0.15) is 0 Å². The molecule has 16 heavy (non-hydrogen) atoms. The molecular weight excluding hydrogens is 430 g/mol. The molecule has 0 spiro atoms. The van der Waals surface area contributed by atoms with Crippen LogP contribution in [0.2, 0.25) is 0 Å². The highest BCUT2D eigenvalue weighted by Gasteiger charge is 2.35. The van der Waals surface area contributed by atoms with Gasteiger partial charge in [0.15, 0.2) is 0 Å². The van der Waals surface area contributed by atoms with Crippen LogP contribution in [-0.4, -0.2) is 5.97 Å². The highest BCUT2D eigenvalue weighted by Crippen LogP contribution is 2.39. The van der Waals surface area contributed by atoms with E-state index in [4.69, 9.17) is 4.74 Å². The third-order valence-corrected chi connectivity index (χ3v) is 3.85. The molecule has 2 rings (SSSR count). The first-order valence-corrected chi connectivity index (χ1v) is 6.72. The SMILES string of the molecule is O=C(Oc1ccccc1I)[C]1[CH][CH][CH][C]1I. The molecule has 0 bridgehead atoms. The van der Waals surface area contributed by atoms with E-state index in [9.17, 15) is 4.79 Å². The van der Waals surface area contributed by atoms with E-state index in [1.165, 1.54) is 0 Å². The van der Waals surface area contributed by atoms with Crippen molar-refractivity contribution in [1.82, 2.24) is 0 Å². The average Bonchev–Trinajstić information content (AvgIpc) is 2.68. The van der Waals surface area contributed by atoms with Crippen molar-refractivity contribution >= 4 is 51.2 Å². The Balaban J connectivity index is 2.05. The van der Waals surface area contributed by atoms with Gasteiger partial charge in [0.25, 0.3) is 0 Å². The number of para-hydroxylation sites is 1. The van der Waals surface area contributed by atoms with Crippen molar-refractivity contribution in [3.63, 3.8) is 0 Å². The fraction of sp³-hybridized carbons (Fsp3) is 0. The van der Waals surface area contributed by atoms with Crippen LogP contribution in [0.25, 0.3) is 0 Å². The van der Waals surface area contributed by atoms with Gasteiger partial charge >= 0.3 is 5.97 Å². The zero-order valence-corrected chi connectivity index (χ0v) is 12.4. The molecule has 0 heterocycles. The standard InChI is InChI=1S/C12H7I2O2/c13-9-6-3-4-8(9)12(15)16-11-7-2-1-5-10(11)14/h1-7H. The average molecular weight is 437 g/mol. The maximum absolute atomic E-state index is 11.8. The Labute approximate surface area is 122 Å². The van der Waals surface area contributed by atoms with Gasteiger partial charge in [0, 0.05) is 0 Å². The van der Waals surface area contributed by atoms with Gasteiger partial charge < -0.3 is 4.74 Å². The Morgan fingerprint density at radius 3 is 2.50 bits per heavy atom. The van der Waals surface area contributed by atoms with Crippen LogP contribution in [0.3, 0.4) is 0 Å². The molecule has 1 aliphatic carbocycles. The van der Waals surface area contributed by atoms with Crippen molar-refractivity contribution in [2.75, 3.05) is 0 Å². The number of hydrogen-bond donors (Lipinski definition) is 0. The van der Waals surface area contributed by atoms with Crippen LogP contribution >= 0.6 is 45.2 Å². The van der Waals surface area contributed by atoms with Crippen LogP contribution in [0, 0.1) is 32.7 Å². The molecule has 0 unspecified atom stereocenters. The molecule has 0 saturated heterocycles. The van der Waals surface area contributed by atoms with Crippen molar-refractivity contribution in [3.8, 4) is 5.75 Å². The molecular formula is C12H7I2O2. The summed E-state index contributed by atoms with van der Waals surface area (Å²) in [6, 6.07) is 7.45. The number of rotatable bonds is 2. The van der Waals surface area contributed by atoms with Gasteiger partial charge in [-0.3, -0.25) is 4.79 Å². The van der Waals surface area contributed by atoms with Crippen LogP contribution in [0.5, 0.6) is 5.75 Å². The first-order chi connectivity index (χ1) is 7.68. The summed E-state index contributed by atoms with van der Waals surface area (Å²) in [5.74, 6) is 0.906. The van der Waals surface area contributed by atoms with E-state index in [0.717, 1.165) is 7.49 Å². The molecule has 81 valence electrons. The third kappa shape index (κ3) is 2.88. The normalized spacial score (nSPS) is 17.6. The van der Waals surface area contributed by atoms with E-state index in [1.54, 1.807) is 12.5 Å². The Morgan fingerprint density at radius 1 is 1.12 bits per heavy atom. The van der Waals surface area contributed by atoms with Crippen LogP contribution in [0.4, 0.5) is 0 Å². The maximum Gasteiger partial charge on any atom is 0.320 e. The minimum Gasteiger partial charge on any atom is -0.425 e. The van der Waals surface area contributed by atoms with Crippen molar-refractivity contribution in [3.05, 3.63) is 56.9 Å². The summed E-state index contributed by atoms with van der Waals surface area (Å²) in [6.45, 7) is 0. The molecule has 2 nitrogen and oxygen atoms in total. The van der Waals surface area contributed by atoms with Crippen molar-refractivity contribution in [2.24, 2.45) is 0 Å². The zero-order valence-electron chi connectivity index (χ0n) is 8.11. The lowest BCUT2D eigenvalue weighted by Crippen LogP contribution is -2.19. The van der Waals surface area contributed by atoms with Crippen molar-refractivity contribution in [1.29, 1.82) is 0 Å². The molecule has 5 radical (unpaired) electrons. The Morgan fingerprint density at radius 2 is 1.88 bits per heavy atom. The Hall–Kier alpha value is 0.150. The Kier molecular flexibility index (Phi) is 4.46. The zero-order chi connectivity index (χ0) is 11.5. The molecule has 1 saturated carbocycles. The molecule has 0 N–H and O–H groups in total. The van der Waals surface area contributed by atoms with Crippen LogP contribution < -0.4 is 4.74 Å². The lowest BCUT2D eigenvalue weighted by molar-refractivity contribution is -0.131. The van der Waals surface area contributed by atoms with E-state index in [2.05, 4.69) is 45.2 Å². The number of esters is 1. The third-order valence-electron chi connectivity index (χ3n) is 2.02. The van der Waals surface area contributed by atoms with Gasteiger partial charge in [-0.2, -0.15) is 0 Å². The monoisotopic (exact) mass is 437 g/mol. The minimum absolute atomic E-state index is 0.307. The fourth-order valence-electron chi connectivity index (χ4n) is 1.25. The predicted octanol–water partition coefficient (Wildman–Crippen LogP) is 3.36. The number of ether oxygens (including phenoxy) is 1. The summed E-state index contributed by atoms with van der Waals surface area (Å²) in [4.78, 5) is 11.8. The van der Waals surface area contributed by atoms with Gasteiger partial charge in [-0.15, -0.1) is 0 Å². The number of hydrogen-bond acceptors (Lipinski definition) is 2. The molecule has 0 atom stereocenters. The largest absolute Gasteiger partial charge is 0.425 e. The number of carbonyl (C=O) groups is 1. The van der Waals surface area contributed by atoms with Gasteiger partial charge in [0.2, 0.25) is 0 Å².